The normalized spacial score (nSPS) is 10.2. The van der Waals surface area contributed by atoms with Crippen molar-refractivity contribution in [2.75, 3.05) is 27.3 Å². The highest BCUT2D eigenvalue weighted by atomic mass is 16.5. The number of ether oxygens (including phenoxy) is 2. The zero-order valence-corrected chi connectivity index (χ0v) is 11.4. The predicted octanol–water partition coefficient (Wildman–Crippen LogP) is 1.49. The molecule has 106 valence electrons. The summed E-state index contributed by atoms with van der Waals surface area (Å²) in [5, 5.41) is 12.4. The Kier molecular flexibility index (Phi) is 6.74. The predicted molar refractivity (Wildman–Crippen MR) is 72.5 cm³/mol. The van der Waals surface area contributed by atoms with Gasteiger partial charge in [0.05, 0.1) is 13.7 Å². The molecule has 0 radical (unpaired) electrons. The number of rotatable bonds is 8. The molecule has 0 spiro atoms. The van der Waals surface area contributed by atoms with Crippen molar-refractivity contribution in [2.24, 2.45) is 0 Å². The summed E-state index contributed by atoms with van der Waals surface area (Å²) in [7, 11) is 3.36. The van der Waals surface area contributed by atoms with Crippen molar-refractivity contribution in [3.8, 4) is 11.5 Å². The molecule has 0 aliphatic rings. The van der Waals surface area contributed by atoms with E-state index in [0.29, 0.717) is 25.2 Å². The van der Waals surface area contributed by atoms with E-state index in [-0.39, 0.29) is 11.7 Å². The molecule has 0 atom stereocenters. The Morgan fingerprint density at radius 3 is 2.89 bits per heavy atom. The third-order valence-corrected chi connectivity index (χ3v) is 2.70. The molecule has 0 amide bonds. The molecule has 5 heteroatoms. The molecule has 0 aromatic heterocycles. The van der Waals surface area contributed by atoms with Crippen molar-refractivity contribution in [1.82, 2.24) is 5.32 Å². The molecule has 5 nitrogen and oxygen atoms in total. The second-order valence-corrected chi connectivity index (χ2v) is 4.18. The third-order valence-electron chi connectivity index (χ3n) is 2.70. The number of hydrogen-bond acceptors (Lipinski definition) is 5. The topological polar surface area (TPSA) is 67.8 Å². The maximum absolute atomic E-state index is 11.5. The van der Waals surface area contributed by atoms with Gasteiger partial charge >= 0.3 is 5.97 Å². The van der Waals surface area contributed by atoms with E-state index in [0.717, 1.165) is 18.5 Å². The van der Waals surface area contributed by atoms with Crippen LogP contribution in [0.1, 0.15) is 18.4 Å². The van der Waals surface area contributed by atoms with E-state index < -0.39 is 0 Å². The van der Waals surface area contributed by atoms with Crippen molar-refractivity contribution < 1.29 is 19.4 Å². The molecule has 0 aliphatic heterocycles. The van der Waals surface area contributed by atoms with Crippen molar-refractivity contribution in [3.05, 3.63) is 23.8 Å². The standard InChI is InChI=1S/C14H21NO4/c1-15-8-3-9-19-14(17)7-5-11-4-6-12(16)13(10-11)18-2/h4,6,10,15-16H,3,5,7-9H2,1-2H3. The Morgan fingerprint density at radius 1 is 1.42 bits per heavy atom. The number of phenols is 1. The lowest BCUT2D eigenvalue weighted by Gasteiger charge is -2.07. The molecule has 1 rings (SSSR count). The lowest BCUT2D eigenvalue weighted by Crippen LogP contribution is -2.13. The molecule has 0 aliphatic carbocycles. The summed E-state index contributed by atoms with van der Waals surface area (Å²) >= 11 is 0. The van der Waals surface area contributed by atoms with Crippen molar-refractivity contribution in [3.63, 3.8) is 0 Å². The fraction of sp³-hybridized carbons (Fsp3) is 0.500. The molecular weight excluding hydrogens is 246 g/mol. The molecule has 0 saturated heterocycles. The van der Waals surface area contributed by atoms with E-state index in [4.69, 9.17) is 9.47 Å². The number of methoxy groups -OCH3 is 1. The molecule has 1 aromatic rings. The minimum Gasteiger partial charge on any atom is -0.504 e. The van der Waals surface area contributed by atoms with Gasteiger partial charge in [0.2, 0.25) is 0 Å². The molecule has 0 fully saturated rings. The van der Waals surface area contributed by atoms with Crippen LogP contribution in [0.15, 0.2) is 18.2 Å². The first kappa shape index (κ1) is 15.3. The highest BCUT2D eigenvalue weighted by molar-refractivity contribution is 5.69. The Morgan fingerprint density at radius 2 is 2.21 bits per heavy atom. The maximum Gasteiger partial charge on any atom is 0.306 e. The van der Waals surface area contributed by atoms with Gasteiger partial charge in [-0.05, 0) is 44.1 Å². The number of hydrogen-bond donors (Lipinski definition) is 2. The average Bonchev–Trinajstić information content (AvgIpc) is 2.42. The van der Waals surface area contributed by atoms with Crippen LogP contribution in [-0.4, -0.2) is 38.4 Å². The summed E-state index contributed by atoms with van der Waals surface area (Å²) in [5.41, 5.74) is 0.932. The molecule has 0 saturated carbocycles. The zero-order chi connectivity index (χ0) is 14.1. The monoisotopic (exact) mass is 267 g/mol. The summed E-state index contributed by atoms with van der Waals surface area (Å²) < 4.78 is 10.1. The molecule has 19 heavy (non-hydrogen) atoms. The van der Waals surface area contributed by atoms with Crippen LogP contribution in [0.5, 0.6) is 11.5 Å². The minimum absolute atomic E-state index is 0.0980. The SMILES string of the molecule is CNCCCOC(=O)CCc1ccc(O)c(OC)c1. The van der Waals surface area contributed by atoms with E-state index in [1.807, 2.05) is 7.05 Å². The Hall–Kier alpha value is -1.75. The fourth-order valence-corrected chi connectivity index (χ4v) is 1.63. The van der Waals surface area contributed by atoms with E-state index in [2.05, 4.69) is 5.32 Å². The first-order valence-corrected chi connectivity index (χ1v) is 6.33. The Bertz CT molecular complexity index is 406. The summed E-state index contributed by atoms with van der Waals surface area (Å²) in [5.74, 6) is 0.309. The molecule has 2 N–H and O–H groups in total. The van der Waals surface area contributed by atoms with Crippen LogP contribution in [0, 0.1) is 0 Å². The fourth-order valence-electron chi connectivity index (χ4n) is 1.63. The van der Waals surface area contributed by atoms with Gasteiger partial charge in [-0.1, -0.05) is 6.07 Å². The Balaban J connectivity index is 2.33. The van der Waals surface area contributed by atoms with Crippen LogP contribution in [0.3, 0.4) is 0 Å². The van der Waals surface area contributed by atoms with Gasteiger partial charge in [0.25, 0.3) is 0 Å². The summed E-state index contributed by atoms with van der Waals surface area (Å²) in [6.07, 6.45) is 1.71. The van der Waals surface area contributed by atoms with Crippen LogP contribution in [0.2, 0.25) is 0 Å². The maximum atomic E-state index is 11.5. The van der Waals surface area contributed by atoms with Crippen LogP contribution >= 0.6 is 0 Å². The van der Waals surface area contributed by atoms with Crippen LogP contribution < -0.4 is 10.1 Å². The van der Waals surface area contributed by atoms with Crippen LogP contribution in [0.25, 0.3) is 0 Å². The summed E-state index contributed by atoms with van der Waals surface area (Å²) in [4.78, 5) is 11.5. The van der Waals surface area contributed by atoms with E-state index in [9.17, 15) is 9.90 Å². The largest absolute Gasteiger partial charge is 0.504 e. The number of nitrogens with one attached hydrogen (secondary N) is 1. The quantitative estimate of drug-likeness (QED) is 0.551. The molecular formula is C14H21NO4. The molecule has 0 unspecified atom stereocenters. The molecule has 0 bridgehead atoms. The van der Waals surface area contributed by atoms with Gasteiger partial charge in [-0.25, -0.2) is 0 Å². The van der Waals surface area contributed by atoms with Crippen molar-refractivity contribution in [1.29, 1.82) is 0 Å². The van der Waals surface area contributed by atoms with E-state index in [1.54, 1.807) is 18.2 Å². The van der Waals surface area contributed by atoms with E-state index in [1.165, 1.54) is 7.11 Å². The number of phenolic OH excluding ortho intramolecular Hbond substituents is 1. The number of aromatic hydroxyl groups is 1. The number of esters is 1. The first-order valence-electron chi connectivity index (χ1n) is 6.33. The van der Waals surface area contributed by atoms with Gasteiger partial charge in [-0.2, -0.15) is 0 Å². The van der Waals surface area contributed by atoms with Crippen molar-refractivity contribution >= 4 is 5.97 Å². The second kappa shape index (κ2) is 8.37. The van der Waals surface area contributed by atoms with Gasteiger partial charge in [0, 0.05) is 6.42 Å². The highest BCUT2D eigenvalue weighted by Gasteiger charge is 2.06. The second-order valence-electron chi connectivity index (χ2n) is 4.18. The van der Waals surface area contributed by atoms with Gasteiger partial charge in [-0.15, -0.1) is 0 Å². The molecule has 0 heterocycles. The van der Waals surface area contributed by atoms with Gasteiger partial charge in [-0.3, -0.25) is 4.79 Å². The lowest BCUT2D eigenvalue weighted by molar-refractivity contribution is -0.143. The summed E-state index contributed by atoms with van der Waals surface area (Å²) in [6, 6.07) is 5.06. The number of benzene rings is 1. The third kappa shape index (κ3) is 5.61. The van der Waals surface area contributed by atoms with Gasteiger partial charge in [0.1, 0.15) is 0 Å². The zero-order valence-electron chi connectivity index (χ0n) is 11.4. The Labute approximate surface area is 113 Å². The summed E-state index contributed by atoms with van der Waals surface area (Å²) in [6.45, 7) is 1.28. The van der Waals surface area contributed by atoms with Gasteiger partial charge in [0.15, 0.2) is 11.5 Å². The van der Waals surface area contributed by atoms with Gasteiger partial charge < -0.3 is 19.9 Å². The minimum atomic E-state index is -0.205. The van der Waals surface area contributed by atoms with Crippen LogP contribution in [0.4, 0.5) is 0 Å². The average molecular weight is 267 g/mol. The lowest BCUT2D eigenvalue weighted by atomic mass is 10.1. The number of carbonyl (C=O) groups excluding carboxylic acids is 1. The highest BCUT2D eigenvalue weighted by Crippen LogP contribution is 2.26. The first-order chi connectivity index (χ1) is 9.17. The number of carbonyl (C=O) groups is 1. The van der Waals surface area contributed by atoms with Crippen LogP contribution in [-0.2, 0) is 16.0 Å². The van der Waals surface area contributed by atoms with Crippen molar-refractivity contribution in [2.45, 2.75) is 19.3 Å². The smallest absolute Gasteiger partial charge is 0.306 e. The molecule has 1 aromatic carbocycles. The van der Waals surface area contributed by atoms with E-state index >= 15 is 0 Å². The number of aryl methyl sites for hydroxylation is 1.